The van der Waals surface area contributed by atoms with Crippen LogP contribution in [0.3, 0.4) is 0 Å². The van der Waals surface area contributed by atoms with Gasteiger partial charge in [0.15, 0.2) is 0 Å². The van der Waals surface area contributed by atoms with Gasteiger partial charge in [-0.2, -0.15) is 0 Å². The molecule has 0 unspecified atom stereocenters. The van der Waals surface area contributed by atoms with Gasteiger partial charge in [-0.3, -0.25) is 4.79 Å². The van der Waals surface area contributed by atoms with Crippen LogP contribution in [0.4, 0.5) is 11.4 Å². The number of furan rings is 1. The Hall–Kier alpha value is -2.76. The molecule has 2 aromatic rings. The number of nitrogens with zero attached hydrogens (tertiary/aromatic N) is 1. The smallest absolute Gasteiger partial charge is 0.341 e. The molecule has 1 amide bonds. The standard InChI is InChI=1S/C17H18N2O4/c1-11-9-19(10-15-12(7-8-23-15)17(21)22-2)14-6-4-3-5-13(14)18-16(11)20/h3-8,11H,9-10H2,1-2H3,(H,18,20)/t11-/m1/s1. The van der Waals surface area contributed by atoms with Gasteiger partial charge in [-0.15, -0.1) is 0 Å². The van der Waals surface area contributed by atoms with Crippen molar-refractivity contribution in [3.63, 3.8) is 0 Å². The van der Waals surface area contributed by atoms with Crippen molar-refractivity contribution in [1.82, 2.24) is 0 Å². The molecule has 3 rings (SSSR count). The maximum Gasteiger partial charge on any atom is 0.341 e. The molecule has 0 bridgehead atoms. The molecule has 1 aromatic heterocycles. The number of fused-ring (bicyclic) bond motifs is 1. The average molecular weight is 314 g/mol. The molecule has 1 aliphatic rings. The lowest BCUT2D eigenvalue weighted by molar-refractivity contribution is -0.119. The van der Waals surface area contributed by atoms with Gasteiger partial charge in [-0.25, -0.2) is 4.79 Å². The van der Waals surface area contributed by atoms with Gasteiger partial charge in [0.25, 0.3) is 0 Å². The van der Waals surface area contributed by atoms with E-state index in [4.69, 9.17) is 9.15 Å². The lowest BCUT2D eigenvalue weighted by Gasteiger charge is -2.24. The molecule has 120 valence electrons. The molecule has 0 aliphatic carbocycles. The van der Waals surface area contributed by atoms with Crippen molar-refractivity contribution in [1.29, 1.82) is 0 Å². The number of rotatable bonds is 3. The fourth-order valence-corrected chi connectivity index (χ4v) is 2.70. The SMILES string of the molecule is COC(=O)c1ccoc1CN1C[C@@H](C)C(=O)Nc2ccccc21. The summed E-state index contributed by atoms with van der Waals surface area (Å²) in [7, 11) is 1.34. The Labute approximate surface area is 134 Å². The van der Waals surface area contributed by atoms with E-state index in [-0.39, 0.29) is 11.8 Å². The van der Waals surface area contributed by atoms with Crippen LogP contribution >= 0.6 is 0 Å². The number of methoxy groups -OCH3 is 1. The Balaban J connectivity index is 1.94. The average Bonchev–Trinajstić information content (AvgIpc) is 2.97. The van der Waals surface area contributed by atoms with E-state index in [2.05, 4.69) is 5.32 Å². The van der Waals surface area contributed by atoms with Crippen LogP contribution in [0.15, 0.2) is 41.0 Å². The maximum absolute atomic E-state index is 12.1. The molecule has 1 aromatic carbocycles. The van der Waals surface area contributed by atoms with Gasteiger partial charge >= 0.3 is 5.97 Å². The third-order valence-corrected chi connectivity index (χ3v) is 3.93. The molecule has 0 saturated heterocycles. The molecule has 6 heteroatoms. The van der Waals surface area contributed by atoms with Gasteiger partial charge in [0.1, 0.15) is 11.3 Å². The second-order valence-corrected chi connectivity index (χ2v) is 5.54. The summed E-state index contributed by atoms with van der Waals surface area (Å²) >= 11 is 0. The van der Waals surface area contributed by atoms with Crippen molar-refractivity contribution < 1.29 is 18.7 Å². The minimum Gasteiger partial charge on any atom is -0.467 e. The molecule has 6 nitrogen and oxygen atoms in total. The van der Waals surface area contributed by atoms with Crippen LogP contribution in [-0.4, -0.2) is 25.5 Å². The summed E-state index contributed by atoms with van der Waals surface area (Å²) in [4.78, 5) is 25.9. The normalized spacial score (nSPS) is 17.2. The number of nitrogens with one attached hydrogen (secondary N) is 1. The minimum atomic E-state index is -0.431. The largest absolute Gasteiger partial charge is 0.467 e. The van der Waals surface area contributed by atoms with E-state index < -0.39 is 5.97 Å². The van der Waals surface area contributed by atoms with Crippen molar-refractivity contribution in [3.05, 3.63) is 47.9 Å². The monoisotopic (exact) mass is 314 g/mol. The molecule has 1 aliphatic heterocycles. The predicted molar refractivity (Wildman–Crippen MR) is 85.3 cm³/mol. The van der Waals surface area contributed by atoms with Crippen LogP contribution in [0.1, 0.15) is 23.0 Å². The number of anilines is 2. The lowest BCUT2D eigenvalue weighted by Crippen LogP contribution is -2.30. The summed E-state index contributed by atoms with van der Waals surface area (Å²) in [5.74, 6) is -0.112. The van der Waals surface area contributed by atoms with E-state index in [0.29, 0.717) is 24.4 Å². The third kappa shape index (κ3) is 2.92. The molecule has 0 spiro atoms. The summed E-state index contributed by atoms with van der Waals surface area (Å²) in [5.41, 5.74) is 2.06. The van der Waals surface area contributed by atoms with E-state index in [9.17, 15) is 9.59 Å². The van der Waals surface area contributed by atoms with Crippen molar-refractivity contribution in [2.45, 2.75) is 13.5 Å². The van der Waals surface area contributed by atoms with Crippen LogP contribution in [0.5, 0.6) is 0 Å². The molecule has 23 heavy (non-hydrogen) atoms. The zero-order valence-electron chi connectivity index (χ0n) is 13.0. The maximum atomic E-state index is 12.1. The Morgan fingerprint density at radius 1 is 1.39 bits per heavy atom. The Bertz CT molecular complexity index is 738. The quantitative estimate of drug-likeness (QED) is 0.882. The fourth-order valence-electron chi connectivity index (χ4n) is 2.70. The summed E-state index contributed by atoms with van der Waals surface area (Å²) in [6, 6.07) is 9.19. The summed E-state index contributed by atoms with van der Waals surface area (Å²) in [6.07, 6.45) is 1.47. The van der Waals surface area contributed by atoms with Crippen molar-refractivity contribution in [3.8, 4) is 0 Å². The number of hydrogen-bond acceptors (Lipinski definition) is 5. The molecule has 0 radical (unpaired) electrons. The van der Waals surface area contributed by atoms with E-state index in [1.807, 2.05) is 36.1 Å². The molecular weight excluding hydrogens is 296 g/mol. The molecule has 1 atom stereocenters. The molecule has 0 fully saturated rings. The molecule has 0 saturated carbocycles. The molecular formula is C17H18N2O4. The first-order valence-corrected chi connectivity index (χ1v) is 7.39. The Morgan fingerprint density at radius 2 is 2.17 bits per heavy atom. The number of ether oxygens (including phenoxy) is 1. The highest BCUT2D eigenvalue weighted by molar-refractivity contribution is 5.97. The molecule has 2 heterocycles. The summed E-state index contributed by atoms with van der Waals surface area (Å²) in [6.45, 7) is 2.79. The summed E-state index contributed by atoms with van der Waals surface area (Å²) in [5, 5.41) is 2.93. The van der Waals surface area contributed by atoms with Crippen LogP contribution in [0.25, 0.3) is 0 Å². The van der Waals surface area contributed by atoms with Crippen molar-refractivity contribution >= 4 is 23.3 Å². The first-order valence-electron chi connectivity index (χ1n) is 7.39. The zero-order chi connectivity index (χ0) is 16.4. The van der Waals surface area contributed by atoms with Gasteiger partial charge in [0.05, 0.1) is 37.2 Å². The third-order valence-electron chi connectivity index (χ3n) is 3.93. The van der Waals surface area contributed by atoms with E-state index >= 15 is 0 Å². The van der Waals surface area contributed by atoms with Gasteiger partial charge in [0, 0.05) is 6.54 Å². The number of amides is 1. The van der Waals surface area contributed by atoms with E-state index in [0.717, 1.165) is 11.4 Å². The highest BCUT2D eigenvalue weighted by Gasteiger charge is 2.26. The number of carbonyl (C=O) groups excluding carboxylic acids is 2. The van der Waals surface area contributed by atoms with E-state index in [1.54, 1.807) is 6.07 Å². The van der Waals surface area contributed by atoms with E-state index in [1.165, 1.54) is 13.4 Å². The second-order valence-electron chi connectivity index (χ2n) is 5.54. The first-order chi connectivity index (χ1) is 11.1. The van der Waals surface area contributed by atoms with Crippen LogP contribution in [0.2, 0.25) is 0 Å². The second kappa shape index (κ2) is 6.16. The number of hydrogen-bond donors (Lipinski definition) is 1. The predicted octanol–water partition coefficient (Wildman–Crippen LogP) is 2.66. The van der Waals surface area contributed by atoms with Crippen molar-refractivity contribution in [2.75, 3.05) is 23.9 Å². The van der Waals surface area contributed by atoms with Gasteiger partial charge in [-0.1, -0.05) is 19.1 Å². The number of benzene rings is 1. The fraction of sp³-hybridized carbons (Fsp3) is 0.294. The van der Waals surface area contributed by atoms with Crippen molar-refractivity contribution in [2.24, 2.45) is 5.92 Å². The molecule has 1 N–H and O–H groups in total. The Kier molecular flexibility index (Phi) is 4.06. The first kappa shape index (κ1) is 15.1. The van der Waals surface area contributed by atoms with Crippen LogP contribution < -0.4 is 10.2 Å². The minimum absolute atomic E-state index is 0.0208. The van der Waals surface area contributed by atoms with Crippen LogP contribution in [0, 0.1) is 5.92 Å². The topological polar surface area (TPSA) is 71.8 Å². The summed E-state index contributed by atoms with van der Waals surface area (Å²) < 4.78 is 10.2. The van der Waals surface area contributed by atoms with Gasteiger partial charge in [-0.05, 0) is 18.2 Å². The van der Waals surface area contributed by atoms with Gasteiger partial charge < -0.3 is 19.4 Å². The zero-order valence-corrected chi connectivity index (χ0v) is 13.0. The number of esters is 1. The van der Waals surface area contributed by atoms with Crippen LogP contribution in [-0.2, 0) is 16.1 Å². The number of carbonyl (C=O) groups is 2. The number of para-hydroxylation sites is 2. The lowest BCUT2D eigenvalue weighted by atomic mass is 10.1. The van der Waals surface area contributed by atoms with Gasteiger partial charge in [0.2, 0.25) is 5.91 Å². The highest BCUT2D eigenvalue weighted by atomic mass is 16.5. The Morgan fingerprint density at radius 3 is 2.96 bits per heavy atom. The highest BCUT2D eigenvalue weighted by Crippen LogP contribution is 2.31.